The van der Waals surface area contributed by atoms with Gasteiger partial charge in [-0.05, 0) is 23.9 Å². The Morgan fingerprint density at radius 1 is 1.40 bits per heavy atom. The van der Waals surface area contributed by atoms with E-state index in [0.717, 1.165) is 23.1 Å². The molecule has 2 rings (SSSR count). The van der Waals surface area contributed by atoms with E-state index in [0.29, 0.717) is 11.2 Å². The summed E-state index contributed by atoms with van der Waals surface area (Å²) in [7, 11) is 1.85. The molecule has 0 bridgehead atoms. The molecule has 0 N–H and O–H groups in total. The van der Waals surface area contributed by atoms with Crippen molar-refractivity contribution >= 4 is 22.6 Å². The van der Waals surface area contributed by atoms with Crippen LogP contribution in [0.4, 0.5) is 0 Å². The molecule has 0 unspecified atom stereocenters. The zero-order chi connectivity index (χ0) is 11.0. The van der Waals surface area contributed by atoms with Crippen molar-refractivity contribution in [2.24, 2.45) is 13.0 Å². The van der Waals surface area contributed by atoms with Crippen LogP contribution in [-0.4, -0.2) is 19.7 Å². The molecule has 0 aliphatic carbocycles. The monoisotopic (exact) mass is 224 g/mol. The Bertz CT molecular complexity index is 489. The van der Waals surface area contributed by atoms with Gasteiger partial charge in [0.25, 0.3) is 0 Å². The maximum absolute atomic E-state index is 5.87. The van der Waals surface area contributed by atoms with Crippen LogP contribution in [0.3, 0.4) is 0 Å². The zero-order valence-corrected chi connectivity index (χ0v) is 9.78. The molecule has 0 saturated carbocycles. The van der Waals surface area contributed by atoms with Crippen molar-refractivity contribution in [2.45, 2.75) is 20.3 Å². The van der Waals surface area contributed by atoms with Crippen LogP contribution in [-0.2, 0) is 13.5 Å². The normalized spacial score (nSPS) is 11.5. The van der Waals surface area contributed by atoms with E-state index in [4.69, 9.17) is 11.6 Å². The summed E-state index contributed by atoms with van der Waals surface area (Å²) in [5.74, 6) is 0.541. The molecule has 5 heteroatoms. The Hall–Kier alpha value is -1.16. The van der Waals surface area contributed by atoms with Gasteiger partial charge < -0.3 is 0 Å². The van der Waals surface area contributed by atoms with E-state index >= 15 is 0 Å². The molecule has 0 fully saturated rings. The summed E-state index contributed by atoms with van der Waals surface area (Å²) in [5, 5.41) is 5.45. The van der Waals surface area contributed by atoms with Crippen molar-refractivity contribution in [1.82, 2.24) is 19.7 Å². The van der Waals surface area contributed by atoms with Crippen LogP contribution in [0, 0.1) is 5.92 Å². The van der Waals surface area contributed by atoms with Crippen molar-refractivity contribution in [3.8, 4) is 0 Å². The highest BCUT2D eigenvalue weighted by atomic mass is 35.5. The maximum atomic E-state index is 5.87. The van der Waals surface area contributed by atoms with Gasteiger partial charge in [-0.1, -0.05) is 13.8 Å². The number of hydrogen-bond donors (Lipinski definition) is 0. The predicted octanol–water partition coefficient (Wildman–Crippen LogP) is 2.22. The first-order valence-electron chi connectivity index (χ1n) is 4.92. The van der Waals surface area contributed by atoms with Crippen LogP contribution in [0.5, 0.6) is 0 Å². The summed E-state index contributed by atoms with van der Waals surface area (Å²) in [6.07, 6.45) is 2.69. The molecule has 2 aromatic heterocycles. The van der Waals surface area contributed by atoms with Gasteiger partial charge >= 0.3 is 0 Å². The third-order valence-electron chi connectivity index (χ3n) is 2.25. The smallest absolute Gasteiger partial charge is 0.224 e. The number of fused-ring (bicyclic) bond motifs is 1. The molecule has 15 heavy (non-hydrogen) atoms. The summed E-state index contributed by atoms with van der Waals surface area (Å²) in [6, 6.07) is 0. The summed E-state index contributed by atoms with van der Waals surface area (Å²) in [4.78, 5) is 8.41. The Morgan fingerprint density at radius 3 is 2.80 bits per heavy atom. The first kappa shape index (κ1) is 10.4. The quantitative estimate of drug-likeness (QED) is 0.735. The van der Waals surface area contributed by atoms with Gasteiger partial charge in [0.15, 0.2) is 5.65 Å². The molecule has 0 aromatic carbocycles. The van der Waals surface area contributed by atoms with Gasteiger partial charge in [-0.25, -0.2) is 4.98 Å². The average Bonchev–Trinajstić information content (AvgIpc) is 2.47. The number of halogens is 1. The summed E-state index contributed by atoms with van der Waals surface area (Å²) in [6.45, 7) is 4.30. The number of aryl methyl sites for hydroxylation is 1. The van der Waals surface area contributed by atoms with E-state index in [1.807, 2.05) is 7.05 Å². The molecule has 4 nitrogen and oxygen atoms in total. The molecule has 80 valence electrons. The number of hydrogen-bond acceptors (Lipinski definition) is 3. The minimum atomic E-state index is 0.293. The summed E-state index contributed by atoms with van der Waals surface area (Å²) >= 11 is 5.87. The summed E-state index contributed by atoms with van der Waals surface area (Å²) < 4.78 is 1.72. The number of rotatable bonds is 2. The minimum Gasteiger partial charge on any atom is -0.250 e. The highest BCUT2D eigenvalue weighted by molar-refractivity contribution is 6.28. The Balaban J connectivity index is 2.61. The van der Waals surface area contributed by atoms with Crippen molar-refractivity contribution < 1.29 is 0 Å². The van der Waals surface area contributed by atoms with Crippen LogP contribution >= 0.6 is 11.6 Å². The molecule has 0 saturated heterocycles. The minimum absolute atomic E-state index is 0.293. The standard InChI is InChI=1S/C10H13ClN4/c1-6(2)4-8-7-5-12-15(3)9(7)14-10(11)13-8/h5-6H,4H2,1-3H3. The Kier molecular flexibility index (Phi) is 2.61. The van der Waals surface area contributed by atoms with Gasteiger partial charge in [0.1, 0.15) is 0 Å². The highest BCUT2D eigenvalue weighted by Gasteiger charge is 2.11. The second-order valence-electron chi connectivity index (χ2n) is 4.04. The van der Waals surface area contributed by atoms with Crippen molar-refractivity contribution in [3.05, 3.63) is 17.2 Å². The van der Waals surface area contributed by atoms with Crippen molar-refractivity contribution in [1.29, 1.82) is 0 Å². The Morgan fingerprint density at radius 2 is 2.13 bits per heavy atom. The molecule has 0 amide bonds. The molecule has 0 atom stereocenters. The van der Waals surface area contributed by atoms with E-state index < -0.39 is 0 Å². The average molecular weight is 225 g/mol. The van der Waals surface area contributed by atoms with Gasteiger partial charge in [-0.2, -0.15) is 10.1 Å². The predicted molar refractivity (Wildman–Crippen MR) is 59.9 cm³/mol. The molecule has 2 aromatic rings. The highest BCUT2D eigenvalue weighted by Crippen LogP contribution is 2.19. The van der Waals surface area contributed by atoms with Crippen LogP contribution < -0.4 is 0 Å². The summed E-state index contributed by atoms with van der Waals surface area (Å²) in [5.41, 5.74) is 1.78. The molecule has 2 heterocycles. The fourth-order valence-corrected chi connectivity index (χ4v) is 1.78. The van der Waals surface area contributed by atoms with Crippen LogP contribution in [0.2, 0.25) is 5.28 Å². The molecule has 0 radical (unpaired) electrons. The van der Waals surface area contributed by atoms with E-state index in [1.54, 1.807) is 10.9 Å². The lowest BCUT2D eigenvalue weighted by atomic mass is 10.1. The lowest BCUT2D eigenvalue weighted by molar-refractivity contribution is 0.638. The van der Waals surface area contributed by atoms with Crippen LogP contribution in [0.25, 0.3) is 11.0 Å². The topological polar surface area (TPSA) is 43.6 Å². The van der Waals surface area contributed by atoms with Crippen molar-refractivity contribution in [2.75, 3.05) is 0 Å². The molecule has 0 aliphatic rings. The molecule has 0 spiro atoms. The van der Waals surface area contributed by atoms with E-state index in [2.05, 4.69) is 28.9 Å². The third kappa shape index (κ3) is 1.95. The lowest BCUT2D eigenvalue weighted by Crippen LogP contribution is -2.01. The van der Waals surface area contributed by atoms with Gasteiger partial charge in [0, 0.05) is 7.05 Å². The van der Waals surface area contributed by atoms with E-state index in [-0.39, 0.29) is 0 Å². The fraction of sp³-hybridized carbons (Fsp3) is 0.500. The molecular weight excluding hydrogens is 212 g/mol. The van der Waals surface area contributed by atoms with E-state index in [9.17, 15) is 0 Å². The first-order valence-corrected chi connectivity index (χ1v) is 5.30. The first-order chi connectivity index (χ1) is 7.08. The SMILES string of the molecule is CC(C)Cc1nc(Cl)nc2c1cnn2C. The largest absolute Gasteiger partial charge is 0.250 e. The van der Waals surface area contributed by atoms with Gasteiger partial charge in [0.2, 0.25) is 5.28 Å². The van der Waals surface area contributed by atoms with Gasteiger partial charge in [-0.3, -0.25) is 4.68 Å². The fourth-order valence-electron chi connectivity index (χ4n) is 1.59. The molecular formula is C10H13ClN4. The third-order valence-corrected chi connectivity index (χ3v) is 2.41. The second-order valence-corrected chi connectivity index (χ2v) is 4.38. The second kappa shape index (κ2) is 3.77. The van der Waals surface area contributed by atoms with E-state index in [1.165, 1.54) is 0 Å². The number of nitrogens with zero attached hydrogens (tertiary/aromatic N) is 4. The van der Waals surface area contributed by atoms with Crippen LogP contribution in [0.1, 0.15) is 19.5 Å². The maximum Gasteiger partial charge on any atom is 0.224 e. The lowest BCUT2D eigenvalue weighted by Gasteiger charge is -2.05. The molecule has 0 aliphatic heterocycles. The van der Waals surface area contributed by atoms with Crippen molar-refractivity contribution in [3.63, 3.8) is 0 Å². The van der Waals surface area contributed by atoms with Gasteiger partial charge in [-0.15, -0.1) is 0 Å². The van der Waals surface area contributed by atoms with Gasteiger partial charge in [0.05, 0.1) is 17.3 Å². The zero-order valence-electron chi connectivity index (χ0n) is 9.03. The van der Waals surface area contributed by atoms with Crippen LogP contribution in [0.15, 0.2) is 6.20 Å². The Labute approximate surface area is 93.3 Å². The number of aromatic nitrogens is 4.